The van der Waals surface area contributed by atoms with Gasteiger partial charge in [0.25, 0.3) is 0 Å². The predicted octanol–water partition coefficient (Wildman–Crippen LogP) is 0.765. The van der Waals surface area contributed by atoms with E-state index < -0.39 is 10.0 Å². The van der Waals surface area contributed by atoms with Gasteiger partial charge in [-0.1, -0.05) is 0 Å². The van der Waals surface area contributed by atoms with Crippen LogP contribution in [0.1, 0.15) is 5.82 Å². The van der Waals surface area contributed by atoms with E-state index in [9.17, 15) is 8.42 Å². The molecule has 3 N–H and O–H groups in total. The highest BCUT2D eigenvalue weighted by molar-refractivity contribution is 7.99. The fourth-order valence-electron chi connectivity index (χ4n) is 1.48. The molecule has 0 radical (unpaired) electrons. The van der Waals surface area contributed by atoms with Crippen molar-refractivity contribution in [1.82, 2.24) is 19.5 Å². The largest absolute Gasteiger partial charge is 0.398 e. The van der Waals surface area contributed by atoms with Crippen molar-refractivity contribution in [3.63, 3.8) is 0 Å². The molecule has 0 atom stereocenters. The topological polar surface area (TPSA) is 103 Å². The van der Waals surface area contributed by atoms with E-state index in [0.717, 1.165) is 10.7 Å². The van der Waals surface area contributed by atoms with Crippen LogP contribution < -0.4 is 10.5 Å². The molecule has 20 heavy (non-hydrogen) atoms. The van der Waals surface area contributed by atoms with Gasteiger partial charge in [-0.25, -0.2) is 13.1 Å². The van der Waals surface area contributed by atoms with Gasteiger partial charge in [-0.3, -0.25) is 0 Å². The lowest BCUT2D eigenvalue weighted by molar-refractivity contribution is 0.588. The van der Waals surface area contributed by atoms with Crippen molar-refractivity contribution in [2.45, 2.75) is 21.9 Å². The van der Waals surface area contributed by atoms with Gasteiger partial charge in [-0.05, 0) is 43.9 Å². The van der Waals surface area contributed by atoms with E-state index in [0.29, 0.717) is 10.8 Å². The SMILES string of the molecule is CNS(=O)(=O)c1ccc(Sc2nnc(C)n2C)c(N)c1. The van der Waals surface area contributed by atoms with Crippen LogP contribution in [0.15, 0.2) is 33.1 Å². The van der Waals surface area contributed by atoms with Gasteiger partial charge in [0, 0.05) is 17.6 Å². The van der Waals surface area contributed by atoms with Crippen molar-refractivity contribution in [3.8, 4) is 0 Å². The van der Waals surface area contributed by atoms with Crippen molar-refractivity contribution >= 4 is 27.5 Å². The predicted molar refractivity (Wildman–Crippen MR) is 77.0 cm³/mol. The van der Waals surface area contributed by atoms with Gasteiger partial charge in [0.05, 0.1) is 4.90 Å². The molecule has 1 aromatic heterocycles. The molecule has 2 rings (SSSR count). The van der Waals surface area contributed by atoms with Crippen LogP contribution in [0.3, 0.4) is 0 Å². The van der Waals surface area contributed by atoms with Crippen LogP contribution in [-0.4, -0.2) is 30.2 Å². The Labute approximate surface area is 121 Å². The Hall–Kier alpha value is -1.58. The second-order valence-corrected chi connectivity index (χ2v) is 6.99. The summed E-state index contributed by atoms with van der Waals surface area (Å²) < 4.78 is 27.4. The van der Waals surface area contributed by atoms with Crippen LogP contribution in [0.2, 0.25) is 0 Å². The van der Waals surface area contributed by atoms with Crippen molar-refractivity contribution in [2.75, 3.05) is 12.8 Å². The summed E-state index contributed by atoms with van der Waals surface area (Å²) in [7, 11) is -0.274. The van der Waals surface area contributed by atoms with E-state index in [-0.39, 0.29) is 4.90 Å². The maximum Gasteiger partial charge on any atom is 0.240 e. The van der Waals surface area contributed by atoms with Crippen LogP contribution in [0.5, 0.6) is 0 Å². The number of nitrogens with two attached hydrogens (primary N) is 1. The first-order valence-corrected chi connectivity index (χ1v) is 8.02. The van der Waals surface area contributed by atoms with Crippen LogP contribution in [0.25, 0.3) is 0 Å². The van der Waals surface area contributed by atoms with Crippen LogP contribution in [0, 0.1) is 6.92 Å². The standard InChI is InChI=1S/C11H15N5O2S2/c1-7-14-15-11(16(7)3)19-10-5-4-8(6-9(10)12)20(17,18)13-2/h4-6,13H,12H2,1-3H3. The van der Waals surface area contributed by atoms with E-state index in [1.807, 2.05) is 18.5 Å². The van der Waals surface area contributed by atoms with Gasteiger partial charge in [-0.15, -0.1) is 10.2 Å². The second-order valence-electron chi connectivity index (χ2n) is 4.10. The minimum absolute atomic E-state index is 0.135. The molecule has 108 valence electrons. The average molecular weight is 313 g/mol. The van der Waals surface area contributed by atoms with E-state index in [1.54, 1.807) is 6.07 Å². The van der Waals surface area contributed by atoms with Gasteiger partial charge in [0.15, 0.2) is 5.16 Å². The lowest BCUT2D eigenvalue weighted by Gasteiger charge is -2.08. The van der Waals surface area contributed by atoms with E-state index in [2.05, 4.69) is 14.9 Å². The highest BCUT2D eigenvalue weighted by Gasteiger charge is 2.15. The molecule has 0 saturated heterocycles. The monoisotopic (exact) mass is 313 g/mol. The Balaban J connectivity index is 2.34. The third kappa shape index (κ3) is 2.79. The first-order valence-electron chi connectivity index (χ1n) is 5.72. The smallest absolute Gasteiger partial charge is 0.240 e. The molecule has 0 aliphatic rings. The van der Waals surface area contributed by atoms with Gasteiger partial charge in [0.1, 0.15) is 5.82 Å². The fourth-order valence-corrected chi connectivity index (χ4v) is 3.10. The molecule has 0 bridgehead atoms. The molecule has 0 fully saturated rings. The molecule has 1 heterocycles. The minimum Gasteiger partial charge on any atom is -0.398 e. The normalized spacial score (nSPS) is 11.8. The molecule has 0 saturated carbocycles. The first-order chi connectivity index (χ1) is 9.35. The number of aromatic nitrogens is 3. The molecule has 0 aliphatic carbocycles. The third-order valence-corrected chi connectivity index (χ3v) is 5.36. The number of nitrogens with zero attached hydrogens (tertiary/aromatic N) is 3. The summed E-state index contributed by atoms with van der Waals surface area (Å²) in [6.07, 6.45) is 0. The number of anilines is 1. The van der Waals surface area contributed by atoms with Crippen molar-refractivity contribution in [1.29, 1.82) is 0 Å². The van der Waals surface area contributed by atoms with Crippen molar-refractivity contribution < 1.29 is 8.42 Å². The molecular weight excluding hydrogens is 298 g/mol. The lowest BCUT2D eigenvalue weighted by atomic mass is 10.3. The second kappa shape index (κ2) is 5.43. The Morgan fingerprint density at radius 2 is 2.05 bits per heavy atom. The maximum absolute atomic E-state index is 11.7. The number of rotatable bonds is 4. The number of nitrogens with one attached hydrogen (secondary N) is 1. The number of nitrogen functional groups attached to an aromatic ring is 1. The average Bonchev–Trinajstić information content (AvgIpc) is 2.73. The molecule has 0 aliphatic heterocycles. The van der Waals surface area contributed by atoms with Gasteiger partial charge in [0.2, 0.25) is 10.0 Å². The highest BCUT2D eigenvalue weighted by atomic mass is 32.2. The zero-order valence-electron chi connectivity index (χ0n) is 11.3. The molecule has 0 spiro atoms. The molecule has 9 heteroatoms. The zero-order chi connectivity index (χ0) is 14.9. The summed E-state index contributed by atoms with van der Waals surface area (Å²) in [5.74, 6) is 0.792. The first kappa shape index (κ1) is 14.8. The third-order valence-electron chi connectivity index (χ3n) is 2.81. The molecule has 1 aromatic carbocycles. The number of sulfonamides is 1. The van der Waals surface area contributed by atoms with Crippen LogP contribution in [-0.2, 0) is 17.1 Å². The molecule has 2 aromatic rings. The summed E-state index contributed by atoms with van der Waals surface area (Å²) in [5, 5.41) is 8.68. The Kier molecular flexibility index (Phi) is 4.02. The minimum atomic E-state index is -3.49. The lowest BCUT2D eigenvalue weighted by Crippen LogP contribution is -2.18. The number of benzene rings is 1. The summed E-state index contributed by atoms with van der Waals surface area (Å²) in [6.45, 7) is 1.85. The van der Waals surface area contributed by atoms with Gasteiger partial charge < -0.3 is 10.3 Å². The Morgan fingerprint density at radius 3 is 2.55 bits per heavy atom. The summed E-state index contributed by atoms with van der Waals surface area (Å²) in [4.78, 5) is 0.867. The van der Waals surface area contributed by atoms with Gasteiger partial charge >= 0.3 is 0 Å². The van der Waals surface area contributed by atoms with E-state index in [1.165, 1.54) is 30.9 Å². The van der Waals surface area contributed by atoms with Crippen molar-refractivity contribution in [3.05, 3.63) is 24.0 Å². The highest BCUT2D eigenvalue weighted by Crippen LogP contribution is 2.32. The summed E-state index contributed by atoms with van der Waals surface area (Å²) in [5.41, 5.74) is 6.29. The van der Waals surface area contributed by atoms with Crippen molar-refractivity contribution in [2.24, 2.45) is 7.05 Å². The van der Waals surface area contributed by atoms with E-state index >= 15 is 0 Å². The number of hydrogen-bond acceptors (Lipinski definition) is 6. The van der Waals surface area contributed by atoms with Crippen LogP contribution >= 0.6 is 11.8 Å². The molecule has 0 amide bonds. The van der Waals surface area contributed by atoms with Gasteiger partial charge in [-0.2, -0.15) is 0 Å². The number of aryl methyl sites for hydroxylation is 1. The zero-order valence-corrected chi connectivity index (χ0v) is 12.9. The van der Waals surface area contributed by atoms with E-state index in [4.69, 9.17) is 5.73 Å². The maximum atomic E-state index is 11.7. The molecular formula is C11H15N5O2S2. The molecule has 0 unspecified atom stereocenters. The Morgan fingerprint density at radius 1 is 1.35 bits per heavy atom. The molecule has 7 nitrogen and oxygen atoms in total. The quantitative estimate of drug-likeness (QED) is 0.808. The summed E-state index contributed by atoms with van der Waals surface area (Å²) in [6, 6.07) is 4.60. The summed E-state index contributed by atoms with van der Waals surface area (Å²) >= 11 is 1.34. The van der Waals surface area contributed by atoms with Crippen LogP contribution in [0.4, 0.5) is 5.69 Å². The Bertz CT molecular complexity index is 739. The fraction of sp³-hybridized carbons (Fsp3) is 0.273. The number of hydrogen-bond donors (Lipinski definition) is 2.